The zero-order chi connectivity index (χ0) is 13.1. The first kappa shape index (κ1) is 11.8. The molecule has 1 aromatic heterocycles. The molecule has 0 fully saturated rings. The van der Waals surface area contributed by atoms with Crippen molar-refractivity contribution >= 4 is 29.0 Å². The maximum Gasteiger partial charge on any atom is 0.248 e. The van der Waals surface area contributed by atoms with Gasteiger partial charge in [0, 0.05) is 22.7 Å². The number of anilines is 1. The number of carbonyl (C=O) groups is 1. The van der Waals surface area contributed by atoms with E-state index in [-0.39, 0.29) is 12.7 Å². The lowest BCUT2D eigenvalue weighted by Crippen LogP contribution is -2.07. The van der Waals surface area contributed by atoms with Crippen LogP contribution in [0.5, 0.6) is 11.5 Å². The van der Waals surface area contributed by atoms with Crippen molar-refractivity contribution < 1.29 is 14.3 Å². The normalized spacial score (nSPS) is 12.8. The highest BCUT2D eigenvalue weighted by Crippen LogP contribution is 2.34. The summed E-state index contributed by atoms with van der Waals surface area (Å²) in [5.74, 6) is 1.18. The molecule has 1 amide bonds. The summed E-state index contributed by atoms with van der Waals surface area (Å²) < 4.78 is 10.5. The molecule has 0 unspecified atom stereocenters. The average Bonchev–Trinajstić information content (AvgIpc) is 3.07. The number of thiophene rings is 1. The van der Waals surface area contributed by atoms with Crippen molar-refractivity contribution in [3.05, 3.63) is 46.7 Å². The van der Waals surface area contributed by atoms with E-state index >= 15 is 0 Å². The maximum absolute atomic E-state index is 11.7. The molecule has 2 heterocycles. The Morgan fingerprint density at radius 2 is 2.16 bits per heavy atom. The van der Waals surface area contributed by atoms with Crippen LogP contribution in [-0.4, -0.2) is 12.7 Å². The Hall–Kier alpha value is -2.27. The Morgan fingerprint density at radius 3 is 3.00 bits per heavy atom. The summed E-state index contributed by atoms with van der Waals surface area (Å²) in [6.45, 7) is 0.227. The van der Waals surface area contributed by atoms with E-state index in [1.54, 1.807) is 35.6 Å². The van der Waals surface area contributed by atoms with Crippen LogP contribution in [0.4, 0.5) is 5.69 Å². The lowest BCUT2D eigenvalue weighted by molar-refractivity contribution is -0.111. The van der Waals surface area contributed by atoms with Gasteiger partial charge < -0.3 is 14.8 Å². The minimum absolute atomic E-state index is 0.174. The summed E-state index contributed by atoms with van der Waals surface area (Å²) in [5.41, 5.74) is 0.685. The Kier molecular flexibility index (Phi) is 3.20. The van der Waals surface area contributed by atoms with E-state index in [1.807, 2.05) is 17.5 Å². The highest BCUT2D eigenvalue weighted by atomic mass is 32.1. The minimum Gasteiger partial charge on any atom is -0.454 e. The summed E-state index contributed by atoms with van der Waals surface area (Å²) in [5, 5.41) is 4.75. The Bertz CT molecular complexity index is 620. The molecule has 1 aromatic carbocycles. The van der Waals surface area contributed by atoms with E-state index in [9.17, 15) is 4.79 Å². The van der Waals surface area contributed by atoms with E-state index in [2.05, 4.69) is 5.32 Å². The van der Waals surface area contributed by atoms with Gasteiger partial charge in [0.25, 0.3) is 0 Å². The SMILES string of the molecule is O=C(C=Cc1cccs1)Nc1ccc2c(c1)OCO2. The largest absolute Gasteiger partial charge is 0.454 e. The number of fused-ring (bicyclic) bond motifs is 1. The summed E-state index contributed by atoms with van der Waals surface area (Å²) in [7, 11) is 0. The van der Waals surface area contributed by atoms with Gasteiger partial charge in [-0.15, -0.1) is 11.3 Å². The number of rotatable bonds is 3. The fourth-order valence-electron chi connectivity index (χ4n) is 1.70. The molecule has 0 radical (unpaired) electrons. The van der Waals surface area contributed by atoms with Crippen molar-refractivity contribution in [2.24, 2.45) is 0 Å². The van der Waals surface area contributed by atoms with Crippen molar-refractivity contribution in [2.75, 3.05) is 12.1 Å². The van der Waals surface area contributed by atoms with Gasteiger partial charge in [-0.1, -0.05) is 6.07 Å². The fourth-order valence-corrected chi connectivity index (χ4v) is 2.32. The molecule has 1 aliphatic heterocycles. The van der Waals surface area contributed by atoms with E-state index in [0.29, 0.717) is 17.2 Å². The molecule has 0 aliphatic carbocycles. The van der Waals surface area contributed by atoms with Crippen LogP contribution in [0, 0.1) is 0 Å². The topological polar surface area (TPSA) is 47.6 Å². The van der Waals surface area contributed by atoms with E-state index in [0.717, 1.165) is 4.88 Å². The number of hydrogen-bond donors (Lipinski definition) is 1. The molecule has 19 heavy (non-hydrogen) atoms. The number of nitrogens with one attached hydrogen (secondary N) is 1. The molecule has 0 saturated carbocycles. The van der Waals surface area contributed by atoms with Crippen LogP contribution in [0.15, 0.2) is 41.8 Å². The quantitative estimate of drug-likeness (QED) is 0.874. The molecule has 0 atom stereocenters. The van der Waals surface area contributed by atoms with Crippen LogP contribution in [0.2, 0.25) is 0 Å². The number of ether oxygens (including phenoxy) is 2. The molecule has 0 bridgehead atoms. The van der Waals surface area contributed by atoms with Crippen LogP contribution >= 0.6 is 11.3 Å². The Balaban J connectivity index is 1.66. The molecule has 96 valence electrons. The second kappa shape index (κ2) is 5.16. The summed E-state index contributed by atoms with van der Waals surface area (Å²) in [6.07, 6.45) is 3.30. The second-order valence-corrected chi connectivity index (χ2v) is 4.89. The van der Waals surface area contributed by atoms with Gasteiger partial charge in [0.2, 0.25) is 12.7 Å². The van der Waals surface area contributed by atoms with Gasteiger partial charge in [-0.05, 0) is 29.7 Å². The Morgan fingerprint density at radius 1 is 1.26 bits per heavy atom. The predicted molar refractivity (Wildman–Crippen MR) is 74.5 cm³/mol. The fraction of sp³-hybridized carbons (Fsp3) is 0.0714. The third kappa shape index (κ3) is 2.77. The van der Waals surface area contributed by atoms with Crippen LogP contribution in [0.3, 0.4) is 0 Å². The van der Waals surface area contributed by atoms with Crippen molar-refractivity contribution in [3.8, 4) is 11.5 Å². The number of carbonyl (C=O) groups excluding carboxylic acids is 1. The van der Waals surface area contributed by atoms with E-state index < -0.39 is 0 Å². The van der Waals surface area contributed by atoms with E-state index in [4.69, 9.17) is 9.47 Å². The van der Waals surface area contributed by atoms with Gasteiger partial charge in [0.05, 0.1) is 0 Å². The van der Waals surface area contributed by atoms with Crippen LogP contribution in [0.25, 0.3) is 6.08 Å². The summed E-state index contributed by atoms with van der Waals surface area (Å²) >= 11 is 1.58. The highest BCUT2D eigenvalue weighted by molar-refractivity contribution is 7.10. The van der Waals surface area contributed by atoms with Gasteiger partial charge in [-0.3, -0.25) is 4.79 Å². The van der Waals surface area contributed by atoms with Gasteiger partial charge in [-0.2, -0.15) is 0 Å². The van der Waals surface area contributed by atoms with E-state index in [1.165, 1.54) is 6.08 Å². The van der Waals surface area contributed by atoms with Crippen LogP contribution in [-0.2, 0) is 4.79 Å². The minimum atomic E-state index is -0.174. The first-order valence-electron chi connectivity index (χ1n) is 5.73. The molecule has 0 saturated heterocycles. The summed E-state index contributed by atoms with van der Waals surface area (Å²) in [6, 6.07) is 9.21. The van der Waals surface area contributed by atoms with Gasteiger partial charge >= 0.3 is 0 Å². The Labute approximate surface area is 114 Å². The third-order valence-corrected chi connectivity index (χ3v) is 3.42. The molecule has 0 spiro atoms. The molecule has 2 aromatic rings. The van der Waals surface area contributed by atoms with Gasteiger partial charge in [0.15, 0.2) is 11.5 Å². The average molecular weight is 273 g/mol. The third-order valence-electron chi connectivity index (χ3n) is 2.58. The molecule has 1 N–H and O–H groups in total. The maximum atomic E-state index is 11.7. The monoisotopic (exact) mass is 273 g/mol. The van der Waals surface area contributed by atoms with Crippen molar-refractivity contribution in [1.29, 1.82) is 0 Å². The lowest BCUT2D eigenvalue weighted by Gasteiger charge is -2.03. The van der Waals surface area contributed by atoms with Crippen molar-refractivity contribution in [1.82, 2.24) is 0 Å². The lowest BCUT2D eigenvalue weighted by atomic mass is 10.2. The molecule has 4 nitrogen and oxygen atoms in total. The van der Waals surface area contributed by atoms with Crippen molar-refractivity contribution in [3.63, 3.8) is 0 Å². The molecular weight excluding hydrogens is 262 g/mol. The first-order chi connectivity index (χ1) is 9.31. The number of benzene rings is 1. The first-order valence-corrected chi connectivity index (χ1v) is 6.61. The molecule has 1 aliphatic rings. The van der Waals surface area contributed by atoms with Crippen molar-refractivity contribution in [2.45, 2.75) is 0 Å². The molecule has 3 rings (SSSR count). The van der Waals surface area contributed by atoms with Gasteiger partial charge in [-0.25, -0.2) is 0 Å². The summed E-state index contributed by atoms with van der Waals surface area (Å²) in [4.78, 5) is 12.8. The van der Waals surface area contributed by atoms with Crippen LogP contribution in [0.1, 0.15) is 4.88 Å². The zero-order valence-electron chi connectivity index (χ0n) is 9.96. The van der Waals surface area contributed by atoms with Gasteiger partial charge in [0.1, 0.15) is 0 Å². The molecular formula is C14H11NO3S. The highest BCUT2D eigenvalue weighted by Gasteiger charge is 2.13. The number of amides is 1. The zero-order valence-corrected chi connectivity index (χ0v) is 10.8. The van der Waals surface area contributed by atoms with Crippen LogP contribution < -0.4 is 14.8 Å². The standard InChI is InChI=1S/C14H11NO3S/c16-14(6-4-11-2-1-7-19-11)15-10-3-5-12-13(8-10)18-9-17-12/h1-8H,9H2,(H,15,16). The predicted octanol–water partition coefficient (Wildman–Crippen LogP) is 3.13. The second-order valence-electron chi connectivity index (χ2n) is 3.91. The number of hydrogen-bond acceptors (Lipinski definition) is 4. The smallest absolute Gasteiger partial charge is 0.248 e. The molecule has 5 heteroatoms.